The number of aliphatic hydroxyl groups excluding tert-OH is 1. The molecule has 3 N–H and O–H groups in total. The molecule has 0 aromatic carbocycles. The van der Waals surface area contributed by atoms with Crippen LogP contribution in [0.4, 0.5) is 14.6 Å². The molecule has 6 nitrogen and oxygen atoms in total. The Morgan fingerprint density at radius 3 is 2.74 bits per heavy atom. The number of nitrogens with two attached hydrogens (primary N) is 1. The number of aliphatic hydroxyl groups is 1. The summed E-state index contributed by atoms with van der Waals surface area (Å²) in [5, 5.41) is 9.46. The summed E-state index contributed by atoms with van der Waals surface area (Å²) in [7, 11) is 0. The molecule has 108 valence electrons. The fraction of sp³-hybridized carbons (Fsp3) is 0.600. The standard InChI is InChI=1S/C10H13F2N3O3.ClH/c1-2-5-7(16)10(11,12)8(18-5)15-4-3-6(13)14-9(15)17;/h3-5,7-8,16H,2H2,1H3,(H2,13,14,17);1H. The van der Waals surface area contributed by atoms with Crippen molar-refractivity contribution in [3.05, 3.63) is 22.7 Å². The molecule has 0 aliphatic carbocycles. The minimum atomic E-state index is -3.55. The summed E-state index contributed by atoms with van der Waals surface area (Å²) in [5.74, 6) is -3.62. The highest BCUT2D eigenvalue weighted by Gasteiger charge is 2.59. The first-order chi connectivity index (χ1) is 8.37. The van der Waals surface area contributed by atoms with E-state index in [0.717, 1.165) is 6.20 Å². The third-order valence-electron chi connectivity index (χ3n) is 2.89. The average molecular weight is 298 g/mol. The SMILES string of the molecule is CCC1OC(n2ccc(N)nc2=O)C(F)(F)C1O.Cl. The van der Waals surface area contributed by atoms with Gasteiger partial charge in [0.2, 0.25) is 6.23 Å². The van der Waals surface area contributed by atoms with Gasteiger partial charge in [-0.3, -0.25) is 4.57 Å². The van der Waals surface area contributed by atoms with Gasteiger partial charge in [-0.15, -0.1) is 12.4 Å². The van der Waals surface area contributed by atoms with Gasteiger partial charge in [0.25, 0.3) is 0 Å². The van der Waals surface area contributed by atoms with Gasteiger partial charge in [0.1, 0.15) is 11.9 Å². The van der Waals surface area contributed by atoms with E-state index in [9.17, 15) is 18.7 Å². The van der Waals surface area contributed by atoms with E-state index in [4.69, 9.17) is 10.5 Å². The van der Waals surface area contributed by atoms with E-state index in [2.05, 4.69) is 4.98 Å². The van der Waals surface area contributed by atoms with Crippen LogP contribution >= 0.6 is 12.4 Å². The second-order valence-electron chi connectivity index (χ2n) is 4.10. The maximum absolute atomic E-state index is 13.8. The van der Waals surface area contributed by atoms with Crippen LogP contribution in [0.2, 0.25) is 0 Å². The first kappa shape index (κ1) is 15.8. The van der Waals surface area contributed by atoms with Crippen LogP contribution in [0.5, 0.6) is 0 Å². The van der Waals surface area contributed by atoms with Crippen LogP contribution in [-0.2, 0) is 4.74 Å². The van der Waals surface area contributed by atoms with Gasteiger partial charge in [0.15, 0.2) is 0 Å². The lowest BCUT2D eigenvalue weighted by Gasteiger charge is -2.20. The predicted octanol–water partition coefficient (Wildman–Crippen LogP) is 0.551. The molecule has 0 bridgehead atoms. The highest BCUT2D eigenvalue weighted by Crippen LogP contribution is 2.42. The number of hydrogen-bond donors (Lipinski definition) is 2. The second kappa shape index (κ2) is 5.40. The number of anilines is 1. The lowest BCUT2D eigenvalue weighted by Crippen LogP contribution is -2.41. The van der Waals surface area contributed by atoms with E-state index in [-0.39, 0.29) is 24.6 Å². The monoisotopic (exact) mass is 297 g/mol. The summed E-state index contributed by atoms with van der Waals surface area (Å²) in [4.78, 5) is 14.8. The van der Waals surface area contributed by atoms with Gasteiger partial charge in [-0.1, -0.05) is 6.92 Å². The summed E-state index contributed by atoms with van der Waals surface area (Å²) in [5.41, 5.74) is 4.33. The Kier molecular flexibility index (Phi) is 4.49. The first-order valence-electron chi connectivity index (χ1n) is 5.44. The summed E-state index contributed by atoms with van der Waals surface area (Å²) < 4.78 is 33.3. The largest absolute Gasteiger partial charge is 0.384 e. The normalized spacial score (nSPS) is 28.9. The third-order valence-corrected chi connectivity index (χ3v) is 2.89. The molecule has 1 aromatic rings. The van der Waals surface area contributed by atoms with Gasteiger partial charge in [-0.25, -0.2) is 4.79 Å². The molecular formula is C10H14ClF2N3O3. The minimum Gasteiger partial charge on any atom is -0.384 e. The van der Waals surface area contributed by atoms with E-state index < -0.39 is 30.0 Å². The summed E-state index contributed by atoms with van der Waals surface area (Å²) in [6.45, 7) is 1.61. The van der Waals surface area contributed by atoms with Crippen molar-refractivity contribution < 1.29 is 18.6 Å². The van der Waals surface area contributed by atoms with Crippen molar-refractivity contribution >= 4 is 18.2 Å². The molecule has 0 radical (unpaired) electrons. The van der Waals surface area contributed by atoms with Gasteiger partial charge in [-0.05, 0) is 12.5 Å². The summed E-state index contributed by atoms with van der Waals surface area (Å²) in [6, 6.07) is 1.21. The highest BCUT2D eigenvalue weighted by molar-refractivity contribution is 5.85. The molecule has 0 saturated carbocycles. The molecule has 3 unspecified atom stereocenters. The molecule has 19 heavy (non-hydrogen) atoms. The molecule has 9 heteroatoms. The Morgan fingerprint density at radius 2 is 2.26 bits per heavy atom. The van der Waals surface area contributed by atoms with Crippen molar-refractivity contribution in [3.8, 4) is 0 Å². The highest BCUT2D eigenvalue weighted by atomic mass is 35.5. The van der Waals surface area contributed by atoms with E-state index in [1.165, 1.54) is 6.07 Å². The molecular weight excluding hydrogens is 284 g/mol. The summed E-state index contributed by atoms with van der Waals surface area (Å²) >= 11 is 0. The van der Waals surface area contributed by atoms with Gasteiger partial charge in [0, 0.05) is 6.20 Å². The Hall–Kier alpha value is -1.25. The van der Waals surface area contributed by atoms with Crippen molar-refractivity contribution in [1.82, 2.24) is 9.55 Å². The molecule has 1 aliphatic rings. The van der Waals surface area contributed by atoms with Crippen LogP contribution < -0.4 is 11.4 Å². The van der Waals surface area contributed by atoms with E-state index >= 15 is 0 Å². The zero-order valence-electron chi connectivity index (χ0n) is 9.99. The van der Waals surface area contributed by atoms with Crippen LogP contribution in [0.25, 0.3) is 0 Å². The maximum atomic E-state index is 13.8. The Morgan fingerprint density at radius 1 is 1.63 bits per heavy atom. The topological polar surface area (TPSA) is 90.4 Å². The van der Waals surface area contributed by atoms with Crippen molar-refractivity contribution in [2.45, 2.75) is 37.7 Å². The molecule has 1 saturated heterocycles. The molecule has 0 spiro atoms. The number of nitrogens with zero attached hydrogens (tertiary/aromatic N) is 2. The van der Waals surface area contributed by atoms with Crippen LogP contribution in [0.15, 0.2) is 17.1 Å². The number of ether oxygens (including phenoxy) is 1. The zero-order chi connectivity index (χ0) is 13.5. The molecule has 0 amide bonds. The number of nitrogen functional groups attached to an aromatic ring is 1. The maximum Gasteiger partial charge on any atom is 0.351 e. The molecule has 3 atom stereocenters. The average Bonchev–Trinajstić information content (AvgIpc) is 2.52. The number of hydrogen-bond acceptors (Lipinski definition) is 5. The van der Waals surface area contributed by atoms with Gasteiger partial charge >= 0.3 is 11.6 Å². The second-order valence-corrected chi connectivity index (χ2v) is 4.10. The van der Waals surface area contributed by atoms with Crippen molar-refractivity contribution in [2.75, 3.05) is 5.73 Å². The number of aromatic nitrogens is 2. The van der Waals surface area contributed by atoms with Crippen molar-refractivity contribution in [2.24, 2.45) is 0 Å². The van der Waals surface area contributed by atoms with E-state index in [0.29, 0.717) is 4.57 Å². The smallest absolute Gasteiger partial charge is 0.351 e. The summed E-state index contributed by atoms with van der Waals surface area (Å²) in [6.07, 6.45) is -3.54. The third kappa shape index (κ3) is 2.56. The molecule has 2 rings (SSSR count). The quantitative estimate of drug-likeness (QED) is 0.832. The van der Waals surface area contributed by atoms with Gasteiger partial charge < -0.3 is 15.6 Å². The predicted molar refractivity (Wildman–Crippen MR) is 65.3 cm³/mol. The Labute approximate surface area is 113 Å². The fourth-order valence-electron chi connectivity index (χ4n) is 1.90. The van der Waals surface area contributed by atoms with Gasteiger partial charge in [-0.2, -0.15) is 13.8 Å². The van der Waals surface area contributed by atoms with E-state index in [1.54, 1.807) is 6.92 Å². The fourth-order valence-corrected chi connectivity index (χ4v) is 1.90. The van der Waals surface area contributed by atoms with Crippen molar-refractivity contribution in [1.29, 1.82) is 0 Å². The molecule has 1 aliphatic heterocycles. The van der Waals surface area contributed by atoms with Crippen LogP contribution in [-0.4, -0.2) is 32.8 Å². The van der Waals surface area contributed by atoms with Crippen molar-refractivity contribution in [3.63, 3.8) is 0 Å². The number of halogens is 3. The van der Waals surface area contributed by atoms with Crippen LogP contribution in [0.1, 0.15) is 19.6 Å². The first-order valence-corrected chi connectivity index (χ1v) is 5.44. The van der Waals surface area contributed by atoms with Crippen LogP contribution in [0.3, 0.4) is 0 Å². The Bertz CT molecular complexity index is 511. The number of alkyl halides is 2. The molecule has 1 aromatic heterocycles. The van der Waals surface area contributed by atoms with Crippen LogP contribution in [0, 0.1) is 0 Å². The lowest BCUT2D eigenvalue weighted by molar-refractivity contribution is -0.140. The lowest BCUT2D eigenvalue weighted by atomic mass is 10.1. The zero-order valence-corrected chi connectivity index (χ0v) is 10.8. The number of rotatable bonds is 2. The minimum absolute atomic E-state index is 0. The van der Waals surface area contributed by atoms with E-state index in [1.807, 2.05) is 0 Å². The molecule has 2 heterocycles. The Balaban J connectivity index is 0.00000180. The van der Waals surface area contributed by atoms with Gasteiger partial charge in [0.05, 0.1) is 6.10 Å². The molecule has 1 fully saturated rings.